The number of hydrogen-bond donors (Lipinski definition) is 0. The molecular weight excluding hydrogens is 382 g/mol. The van der Waals surface area contributed by atoms with Gasteiger partial charge in [0.2, 0.25) is 10.0 Å². The predicted molar refractivity (Wildman–Crippen MR) is 114 cm³/mol. The number of rotatable bonds is 2. The minimum Gasteiger partial charge on any atom is -0.374 e. The average Bonchev–Trinajstić information content (AvgIpc) is 3.05. The highest BCUT2D eigenvalue weighted by Crippen LogP contribution is 2.47. The lowest BCUT2D eigenvalue weighted by molar-refractivity contribution is 0.0334. The topological polar surface area (TPSA) is 46.6 Å². The van der Waals surface area contributed by atoms with Crippen molar-refractivity contribution in [3.63, 3.8) is 0 Å². The Hall–Kier alpha value is -2.47. The van der Waals surface area contributed by atoms with Crippen LogP contribution in [0.3, 0.4) is 0 Å². The molecule has 0 amide bonds. The van der Waals surface area contributed by atoms with Crippen molar-refractivity contribution in [2.75, 3.05) is 13.2 Å². The largest absolute Gasteiger partial charge is 0.374 e. The molecule has 5 heteroatoms. The Bertz CT molecular complexity index is 1240. The van der Waals surface area contributed by atoms with Crippen LogP contribution >= 0.6 is 0 Å². The third kappa shape index (κ3) is 2.76. The van der Waals surface area contributed by atoms with E-state index in [1.165, 1.54) is 0 Å². The Morgan fingerprint density at radius 2 is 1.72 bits per heavy atom. The van der Waals surface area contributed by atoms with Gasteiger partial charge in [0, 0.05) is 6.54 Å². The highest BCUT2D eigenvalue weighted by molar-refractivity contribution is 7.89. The minimum atomic E-state index is -3.71. The fraction of sp³-hybridized carbons (Fsp3) is 0.250. The molecule has 0 radical (unpaired) electrons. The molecule has 2 heterocycles. The van der Waals surface area contributed by atoms with Gasteiger partial charge in [-0.3, -0.25) is 0 Å². The molecular formula is C24H23NO3S. The molecule has 2 aliphatic rings. The number of hydrogen-bond acceptors (Lipinski definition) is 3. The van der Waals surface area contributed by atoms with E-state index in [-0.39, 0.29) is 0 Å². The van der Waals surface area contributed by atoms with Gasteiger partial charge in [0.15, 0.2) is 0 Å². The standard InChI is InChI=1S/C24H23NO3S/c1-17-7-11-21(12-8-17)29(26,27)25-14-18(2)13-24(25)16-28-15-20-10-9-19-5-3-4-6-22(19)23(20)24/h3-13H,14-16H2,1-2H3. The molecule has 3 aromatic rings. The zero-order valence-corrected chi connectivity index (χ0v) is 17.4. The molecule has 148 valence electrons. The van der Waals surface area contributed by atoms with Gasteiger partial charge >= 0.3 is 0 Å². The lowest BCUT2D eigenvalue weighted by atomic mass is 9.82. The molecule has 0 N–H and O–H groups in total. The highest BCUT2D eigenvalue weighted by atomic mass is 32.2. The maximum absolute atomic E-state index is 13.7. The molecule has 29 heavy (non-hydrogen) atoms. The van der Waals surface area contributed by atoms with Gasteiger partial charge < -0.3 is 4.74 Å². The summed E-state index contributed by atoms with van der Waals surface area (Å²) in [4.78, 5) is 0.318. The second kappa shape index (κ2) is 6.52. The van der Waals surface area contributed by atoms with E-state index in [1.54, 1.807) is 16.4 Å². The van der Waals surface area contributed by atoms with E-state index in [0.29, 0.717) is 24.7 Å². The van der Waals surface area contributed by atoms with Crippen LogP contribution in [0.25, 0.3) is 10.8 Å². The maximum atomic E-state index is 13.7. The van der Waals surface area contributed by atoms with Crippen molar-refractivity contribution in [1.29, 1.82) is 0 Å². The van der Waals surface area contributed by atoms with E-state index >= 15 is 0 Å². The van der Waals surface area contributed by atoms with E-state index in [0.717, 1.165) is 33.0 Å². The molecule has 1 unspecified atom stereocenters. The van der Waals surface area contributed by atoms with Crippen LogP contribution < -0.4 is 0 Å². The van der Waals surface area contributed by atoms with Crippen LogP contribution in [-0.2, 0) is 26.9 Å². The number of ether oxygens (including phenoxy) is 1. The lowest BCUT2D eigenvalue weighted by Crippen LogP contribution is -2.50. The van der Waals surface area contributed by atoms with Crippen LogP contribution in [0.15, 0.2) is 77.2 Å². The van der Waals surface area contributed by atoms with E-state index in [2.05, 4.69) is 30.3 Å². The first-order valence-electron chi connectivity index (χ1n) is 9.78. The molecule has 2 aliphatic heterocycles. The van der Waals surface area contributed by atoms with E-state index in [4.69, 9.17) is 4.74 Å². The average molecular weight is 406 g/mol. The van der Waals surface area contributed by atoms with Gasteiger partial charge in [-0.2, -0.15) is 4.31 Å². The first-order valence-corrected chi connectivity index (χ1v) is 11.2. The molecule has 4 nitrogen and oxygen atoms in total. The molecule has 1 atom stereocenters. The van der Waals surface area contributed by atoms with Crippen molar-refractivity contribution in [2.24, 2.45) is 0 Å². The van der Waals surface area contributed by atoms with Crippen LogP contribution in [-0.4, -0.2) is 25.9 Å². The van der Waals surface area contributed by atoms with Gasteiger partial charge in [-0.25, -0.2) is 8.42 Å². The molecule has 0 bridgehead atoms. The normalized spacial score (nSPS) is 22.1. The molecule has 0 fully saturated rings. The molecule has 0 saturated heterocycles. The van der Waals surface area contributed by atoms with E-state index < -0.39 is 15.6 Å². The number of fused-ring (bicyclic) bond motifs is 4. The third-order valence-corrected chi connectivity index (χ3v) is 7.86. The van der Waals surface area contributed by atoms with Crippen molar-refractivity contribution in [3.8, 4) is 0 Å². The van der Waals surface area contributed by atoms with Crippen molar-refractivity contribution in [3.05, 3.63) is 89.0 Å². The minimum absolute atomic E-state index is 0.316. The van der Waals surface area contributed by atoms with Crippen molar-refractivity contribution in [2.45, 2.75) is 30.9 Å². The Balaban J connectivity index is 1.76. The summed E-state index contributed by atoms with van der Waals surface area (Å²) in [5.41, 5.74) is 3.33. The summed E-state index contributed by atoms with van der Waals surface area (Å²) < 4.78 is 35.1. The van der Waals surface area contributed by atoms with Crippen LogP contribution in [0.2, 0.25) is 0 Å². The summed E-state index contributed by atoms with van der Waals surface area (Å²) in [7, 11) is -3.71. The van der Waals surface area contributed by atoms with Crippen LogP contribution in [0.5, 0.6) is 0 Å². The Morgan fingerprint density at radius 1 is 0.966 bits per heavy atom. The zero-order chi connectivity index (χ0) is 20.2. The summed E-state index contributed by atoms with van der Waals surface area (Å²) in [6.45, 7) is 5.12. The van der Waals surface area contributed by atoms with Gasteiger partial charge in [-0.15, -0.1) is 0 Å². The van der Waals surface area contributed by atoms with Crippen LogP contribution in [0.4, 0.5) is 0 Å². The highest BCUT2D eigenvalue weighted by Gasteiger charge is 2.51. The Morgan fingerprint density at radius 3 is 2.52 bits per heavy atom. The van der Waals surface area contributed by atoms with Gasteiger partial charge in [0.25, 0.3) is 0 Å². The molecule has 5 rings (SSSR count). The number of nitrogens with zero attached hydrogens (tertiary/aromatic N) is 1. The fourth-order valence-corrected chi connectivity index (χ4v) is 6.41. The quantitative estimate of drug-likeness (QED) is 0.589. The van der Waals surface area contributed by atoms with E-state index in [9.17, 15) is 8.42 Å². The van der Waals surface area contributed by atoms with Crippen LogP contribution in [0.1, 0.15) is 23.6 Å². The second-order valence-electron chi connectivity index (χ2n) is 8.05. The summed E-state index contributed by atoms with van der Waals surface area (Å²) in [6, 6.07) is 19.4. The fourth-order valence-electron chi connectivity index (χ4n) is 4.68. The summed E-state index contributed by atoms with van der Waals surface area (Å²) >= 11 is 0. The van der Waals surface area contributed by atoms with Gasteiger partial charge in [0.05, 0.1) is 18.1 Å². The maximum Gasteiger partial charge on any atom is 0.244 e. The van der Waals surface area contributed by atoms with Gasteiger partial charge in [0.1, 0.15) is 5.54 Å². The molecule has 0 aliphatic carbocycles. The molecule has 0 saturated carbocycles. The molecule has 1 spiro atoms. The summed E-state index contributed by atoms with van der Waals surface area (Å²) in [5.74, 6) is 0. The monoisotopic (exact) mass is 405 g/mol. The van der Waals surface area contributed by atoms with E-state index in [1.807, 2.05) is 38.1 Å². The number of sulfonamides is 1. The predicted octanol–water partition coefficient (Wildman–Crippen LogP) is 4.52. The smallest absolute Gasteiger partial charge is 0.244 e. The Kier molecular flexibility index (Phi) is 4.17. The second-order valence-corrected chi connectivity index (χ2v) is 9.92. The van der Waals surface area contributed by atoms with Crippen molar-refractivity contribution >= 4 is 20.8 Å². The van der Waals surface area contributed by atoms with Gasteiger partial charge in [-0.1, -0.05) is 65.7 Å². The first-order chi connectivity index (χ1) is 13.9. The summed E-state index contributed by atoms with van der Waals surface area (Å²) in [5, 5.41) is 2.20. The molecule has 0 aromatic heterocycles. The van der Waals surface area contributed by atoms with Crippen molar-refractivity contribution in [1.82, 2.24) is 4.31 Å². The number of aryl methyl sites for hydroxylation is 1. The summed E-state index contributed by atoms with van der Waals surface area (Å²) in [6.07, 6.45) is 2.09. The van der Waals surface area contributed by atoms with Crippen LogP contribution in [0, 0.1) is 6.92 Å². The Labute approximate surface area is 171 Å². The van der Waals surface area contributed by atoms with Crippen molar-refractivity contribution < 1.29 is 13.2 Å². The third-order valence-electron chi connectivity index (χ3n) is 5.96. The SMILES string of the molecule is CC1=CC2(COCc3ccc4ccccc4c32)N(S(=O)(=O)c2ccc(C)cc2)C1. The van der Waals surface area contributed by atoms with Gasteiger partial charge in [-0.05, 0) is 47.9 Å². The lowest BCUT2D eigenvalue weighted by Gasteiger charge is -2.41. The zero-order valence-electron chi connectivity index (χ0n) is 16.6. The number of benzene rings is 3. The molecule has 3 aromatic carbocycles. The first kappa shape index (κ1) is 18.6.